The Labute approximate surface area is 193 Å². The molecule has 1 heterocycles. The molecule has 0 aliphatic heterocycles. The summed E-state index contributed by atoms with van der Waals surface area (Å²) in [6, 6.07) is 25.9. The third-order valence-corrected chi connectivity index (χ3v) is 5.40. The fourth-order valence-corrected chi connectivity index (χ4v) is 3.65. The van der Waals surface area contributed by atoms with Gasteiger partial charge in [-0.05, 0) is 47.0 Å². The van der Waals surface area contributed by atoms with E-state index in [-0.39, 0.29) is 5.78 Å². The van der Waals surface area contributed by atoms with Crippen LogP contribution in [0.25, 0.3) is 6.08 Å². The van der Waals surface area contributed by atoms with Crippen molar-refractivity contribution in [3.63, 3.8) is 0 Å². The lowest BCUT2D eigenvalue weighted by atomic mass is 10.0. The van der Waals surface area contributed by atoms with Gasteiger partial charge in [0.25, 0.3) is 0 Å². The summed E-state index contributed by atoms with van der Waals surface area (Å²) in [6.45, 7) is 0.354. The van der Waals surface area contributed by atoms with Gasteiger partial charge in [0, 0.05) is 25.2 Å². The van der Waals surface area contributed by atoms with E-state index in [1.54, 1.807) is 43.3 Å². The maximum Gasteiger partial charge on any atom is 0.203 e. The molecule has 0 atom stereocenters. The number of allylic oxidation sites excluding steroid dienone is 1. The summed E-state index contributed by atoms with van der Waals surface area (Å²) in [7, 11) is 3.39. The number of ether oxygens (including phenoxy) is 2. The molecule has 1 aromatic heterocycles. The monoisotopic (exact) mass is 438 g/mol. The van der Waals surface area contributed by atoms with Crippen LogP contribution in [0.4, 0.5) is 0 Å². The SMILES string of the molecule is COc1ccc(/C=C/C(=O)c2ccnn2C)cc1COc1ccccc1Cc1ccccc1. The first kappa shape index (κ1) is 22.1. The van der Waals surface area contributed by atoms with E-state index in [0.29, 0.717) is 12.3 Å². The molecular weight excluding hydrogens is 412 g/mol. The Morgan fingerprint density at radius 2 is 1.73 bits per heavy atom. The second-order valence-electron chi connectivity index (χ2n) is 7.67. The first-order chi connectivity index (χ1) is 16.1. The average molecular weight is 439 g/mol. The van der Waals surface area contributed by atoms with Gasteiger partial charge in [-0.2, -0.15) is 5.10 Å². The number of hydrogen-bond donors (Lipinski definition) is 0. The van der Waals surface area contributed by atoms with Gasteiger partial charge < -0.3 is 9.47 Å². The number of hydrogen-bond acceptors (Lipinski definition) is 4. The van der Waals surface area contributed by atoms with Crippen molar-refractivity contribution in [2.45, 2.75) is 13.0 Å². The van der Waals surface area contributed by atoms with Crippen LogP contribution in [0.2, 0.25) is 0 Å². The molecule has 4 aromatic rings. The smallest absolute Gasteiger partial charge is 0.203 e. The minimum Gasteiger partial charge on any atom is -0.496 e. The maximum absolute atomic E-state index is 12.4. The first-order valence-electron chi connectivity index (χ1n) is 10.8. The zero-order valence-electron chi connectivity index (χ0n) is 18.8. The Morgan fingerprint density at radius 3 is 2.48 bits per heavy atom. The van der Waals surface area contributed by atoms with E-state index in [0.717, 1.165) is 34.6 Å². The minimum atomic E-state index is -0.0987. The number of para-hydroxylation sites is 1. The van der Waals surface area contributed by atoms with E-state index in [4.69, 9.17) is 9.47 Å². The van der Waals surface area contributed by atoms with Crippen molar-refractivity contribution < 1.29 is 14.3 Å². The molecule has 0 aliphatic rings. The predicted molar refractivity (Wildman–Crippen MR) is 130 cm³/mol. The summed E-state index contributed by atoms with van der Waals surface area (Å²) in [6.07, 6.45) is 5.76. The number of aromatic nitrogens is 2. The fraction of sp³-hybridized carbons (Fsp3) is 0.143. The van der Waals surface area contributed by atoms with Gasteiger partial charge >= 0.3 is 0 Å². The molecule has 0 amide bonds. The highest BCUT2D eigenvalue weighted by Gasteiger charge is 2.10. The molecule has 3 aromatic carbocycles. The van der Waals surface area contributed by atoms with E-state index in [1.807, 2.05) is 54.6 Å². The van der Waals surface area contributed by atoms with Crippen LogP contribution in [0.1, 0.15) is 32.7 Å². The summed E-state index contributed by atoms with van der Waals surface area (Å²) in [5, 5.41) is 4.04. The second kappa shape index (κ2) is 10.5. The van der Waals surface area contributed by atoms with Gasteiger partial charge in [-0.1, -0.05) is 60.7 Å². The number of ketones is 1. The first-order valence-corrected chi connectivity index (χ1v) is 10.8. The minimum absolute atomic E-state index is 0.0987. The lowest BCUT2D eigenvalue weighted by Gasteiger charge is -2.14. The van der Waals surface area contributed by atoms with Gasteiger partial charge in [0.05, 0.1) is 7.11 Å². The van der Waals surface area contributed by atoms with Crippen molar-refractivity contribution in [2.24, 2.45) is 7.05 Å². The van der Waals surface area contributed by atoms with Crippen LogP contribution in [0.3, 0.4) is 0 Å². The average Bonchev–Trinajstić information content (AvgIpc) is 3.28. The molecule has 0 spiro atoms. The van der Waals surface area contributed by atoms with E-state index in [1.165, 1.54) is 5.56 Å². The fourth-order valence-electron chi connectivity index (χ4n) is 3.65. The van der Waals surface area contributed by atoms with Crippen LogP contribution < -0.4 is 9.47 Å². The molecule has 0 radical (unpaired) electrons. The molecule has 0 saturated carbocycles. The largest absolute Gasteiger partial charge is 0.496 e. The molecule has 0 saturated heterocycles. The molecule has 33 heavy (non-hydrogen) atoms. The molecule has 0 aliphatic carbocycles. The van der Waals surface area contributed by atoms with Crippen molar-refractivity contribution in [3.05, 3.63) is 119 Å². The quantitative estimate of drug-likeness (QED) is 0.256. The van der Waals surface area contributed by atoms with Crippen LogP contribution in [0.5, 0.6) is 11.5 Å². The van der Waals surface area contributed by atoms with Gasteiger partial charge in [0.2, 0.25) is 5.78 Å². The Hall–Kier alpha value is -4.12. The Morgan fingerprint density at radius 1 is 0.939 bits per heavy atom. The van der Waals surface area contributed by atoms with Gasteiger partial charge in [-0.25, -0.2) is 0 Å². The summed E-state index contributed by atoms with van der Waals surface area (Å²) in [4.78, 5) is 12.4. The van der Waals surface area contributed by atoms with E-state index >= 15 is 0 Å². The highest BCUT2D eigenvalue weighted by Crippen LogP contribution is 2.26. The summed E-state index contributed by atoms with van der Waals surface area (Å²) in [5.41, 5.74) is 4.69. The number of nitrogens with zero attached hydrogens (tertiary/aromatic N) is 2. The van der Waals surface area contributed by atoms with Crippen molar-refractivity contribution in [2.75, 3.05) is 7.11 Å². The van der Waals surface area contributed by atoms with Crippen molar-refractivity contribution in [3.8, 4) is 11.5 Å². The number of carbonyl (C=O) groups excluding carboxylic acids is 1. The van der Waals surface area contributed by atoms with E-state index in [9.17, 15) is 4.79 Å². The second-order valence-corrected chi connectivity index (χ2v) is 7.67. The molecule has 0 N–H and O–H groups in total. The molecule has 5 heteroatoms. The number of benzene rings is 3. The third kappa shape index (κ3) is 5.57. The normalized spacial score (nSPS) is 11.0. The van der Waals surface area contributed by atoms with Crippen LogP contribution in [0, 0.1) is 0 Å². The molecular formula is C28H26N2O3. The van der Waals surface area contributed by atoms with Gasteiger partial charge in [-0.3, -0.25) is 9.48 Å². The zero-order valence-corrected chi connectivity index (χ0v) is 18.8. The lowest BCUT2D eigenvalue weighted by Crippen LogP contribution is -2.04. The van der Waals surface area contributed by atoms with Gasteiger partial charge in [-0.15, -0.1) is 0 Å². The molecule has 0 fully saturated rings. The number of rotatable bonds is 9. The standard InChI is InChI=1S/C28H26N2O3/c1-30-25(16-17-29-30)26(31)14-12-22-13-15-27(32-2)24(19-22)20-33-28-11-7-6-10-23(28)18-21-8-4-3-5-9-21/h3-17,19H,18,20H2,1-2H3/b14-12+. The molecule has 166 valence electrons. The number of carbonyl (C=O) groups is 1. The van der Waals surface area contributed by atoms with Crippen LogP contribution in [0.15, 0.2) is 91.1 Å². The summed E-state index contributed by atoms with van der Waals surface area (Å²) in [5.74, 6) is 1.49. The number of methoxy groups -OCH3 is 1. The molecule has 0 bridgehead atoms. The third-order valence-electron chi connectivity index (χ3n) is 5.40. The lowest BCUT2D eigenvalue weighted by molar-refractivity contribution is 0.103. The highest BCUT2D eigenvalue weighted by molar-refractivity contribution is 6.05. The Bertz CT molecular complexity index is 1260. The van der Waals surface area contributed by atoms with E-state index < -0.39 is 0 Å². The van der Waals surface area contributed by atoms with Crippen molar-refractivity contribution in [1.29, 1.82) is 0 Å². The maximum atomic E-state index is 12.4. The topological polar surface area (TPSA) is 53.3 Å². The number of aryl methyl sites for hydroxylation is 1. The van der Waals surface area contributed by atoms with Crippen LogP contribution in [-0.2, 0) is 20.1 Å². The van der Waals surface area contributed by atoms with Crippen molar-refractivity contribution >= 4 is 11.9 Å². The zero-order chi connectivity index (χ0) is 23.0. The van der Waals surface area contributed by atoms with Gasteiger partial charge in [0.15, 0.2) is 0 Å². The van der Waals surface area contributed by atoms with E-state index in [2.05, 4.69) is 23.3 Å². The van der Waals surface area contributed by atoms with Gasteiger partial charge in [0.1, 0.15) is 23.8 Å². The Kier molecular flexibility index (Phi) is 7.00. The molecule has 4 rings (SSSR count). The highest BCUT2D eigenvalue weighted by atomic mass is 16.5. The summed E-state index contributed by atoms with van der Waals surface area (Å²) < 4.78 is 13.3. The van der Waals surface area contributed by atoms with Crippen LogP contribution in [-0.4, -0.2) is 22.7 Å². The van der Waals surface area contributed by atoms with Crippen LogP contribution >= 0.6 is 0 Å². The molecule has 5 nitrogen and oxygen atoms in total. The Balaban J connectivity index is 1.50. The predicted octanol–water partition coefficient (Wildman–Crippen LogP) is 5.49. The molecule has 0 unspecified atom stereocenters. The summed E-state index contributed by atoms with van der Waals surface area (Å²) >= 11 is 0. The van der Waals surface area contributed by atoms with Crippen molar-refractivity contribution in [1.82, 2.24) is 9.78 Å².